The molecule has 1 aliphatic rings. The highest BCUT2D eigenvalue weighted by molar-refractivity contribution is 6.33. The van der Waals surface area contributed by atoms with Gasteiger partial charge in [-0.2, -0.15) is 0 Å². The maximum atomic E-state index is 12.9. The van der Waals surface area contributed by atoms with Gasteiger partial charge in [-0.25, -0.2) is 0 Å². The molecule has 0 saturated carbocycles. The first kappa shape index (κ1) is 23.3. The first-order chi connectivity index (χ1) is 15.2. The average Bonchev–Trinajstić information content (AvgIpc) is 3.09. The second kappa shape index (κ2) is 9.84. The number of benzene rings is 1. The van der Waals surface area contributed by atoms with Gasteiger partial charge in [0.2, 0.25) is 12.2 Å². The molecule has 1 saturated heterocycles. The van der Waals surface area contributed by atoms with Gasteiger partial charge in [0.25, 0.3) is 11.5 Å². The third-order valence-electron chi connectivity index (χ3n) is 4.90. The minimum Gasteiger partial charge on any atom is -0.433 e. The number of amides is 2. The van der Waals surface area contributed by atoms with Crippen molar-refractivity contribution in [1.29, 1.82) is 0 Å². The summed E-state index contributed by atoms with van der Waals surface area (Å²) in [7, 11) is 0. The third kappa shape index (κ3) is 5.09. The summed E-state index contributed by atoms with van der Waals surface area (Å²) in [5, 5.41) is 5.42. The Morgan fingerprint density at radius 2 is 2.09 bits per heavy atom. The van der Waals surface area contributed by atoms with Gasteiger partial charge >= 0.3 is 5.97 Å². The predicted molar refractivity (Wildman–Crippen MR) is 117 cm³/mol. The summed E-state index contributed by atoms with van der Waals surface area (Å²) in [6.07, 6.45) is 0.523. The molecule has 4 N–H and O–H groups in total. The highest BCUT2D eigenvalue weighted by atomic mass is 35.5. The molecule has 10 nitrogen and oxygen atoms in total. The number of carbonyl (C=O) groups is 3. The van der Waals surface area contributed by atoms with Crippen molar-refractivity contribution in [2.75, 3.05) is 17.7 Å². The summed E-state index contributed by atoms with van der Waals surface area (Å²) in [5.41, 5.74) is 5.60. The fourth-order valence-corrected chi connectivity index (χ4v) is 3.35. The summed E-state index contributed by atoms with van der Waals surface area (Å²) < 4.78 is 11.5. The fraction of sp³-hybridized carbons (Fsp3) is 0.333. The number of rotatable bonds is 7. The second-order valence-corrected chi connectivity index (χ2v) is 7.54. The van der Waals surface area contributed by atoms with Crippen LogP contribution < -0.4 is 21.9 Å². The number of nitrogens with one attached hydrogen (secondary N) is 2. The van der Waals surface area contributed by atoms with Crippen LogP contribution in [-0.4, -0.2) is 41.3 Å². The fourth-order valence-electron chi connectivity index (χ4n) is 3.17. The van der Waals surface area contributed by atoms with Gasteiger partial charge in [-0.1, -0.05) is 11.6 Å². The van der Waals surface area contributed by atoms with E-state index in [1.54, 1.807) is 6.92 Å². The van der Waals surface area contributed by atoms with E-state index in [4.69, 9.17) is 26.8 Å². The van der Waals surface area contributed by atoms with Crippen LogP contribution in [0.3, 0.4) is 0 Å². The van der Waals surface area contributed by atoms with Gasteiger partial charge in [-0.05, 0) is 44.2 Å². The lowest BCUT2D eigenvalue weighted by molar-refractivity contribution is -0.164. The van der Waals surface area contributed by atoms with Crippen molar-refractivity contribution >= 4 is 40.8 Å². The highest BCUT2D eigenvalue weighted by Gasteiger charge is 2.37. The van der Waals surface area contributed by atoms with Gasteiger partial charge < -0.3 is 30.4 Å². The maximum absolute atomic E-state index is 12.9. The first-order valence-electron chi connectivity index (χ1n) is 9.90. The minimum absolute atomic E-state index is 0.0170. The number of esters is 1. The monoisotopic (exact) mass is 462 g/mol. The van der Waals surface area contributed by atoms with Gasteiger partial charge in [0.15, 0.2) is 0 Å². The van der Waals surface area contributed by atoms with Gasteiger partial charge in [0, 0.05) is 18.4 Å². The van der Waals surface area contributed by atoms with E-state index in [0.29, 0.717) is 12.3 Å². The number of aromatic nitrogens is 1. The molecule has 1 aliphatic heterocycles. The van der Waals surface area contributed by atoms with Crippen molar-refractivity contribution < 1.29 is 23.9 Å². The molecule has 2 aromatic rings. The van der Waals surface area contributed by atoms with E-state index in [-0.39, 0.29) is 22.7 Å². The van der Waals surface area contributed by atoms with Crippen LogP contribution in [0.15, 0.2) is 41.3 Å². The lowest BCUT2D eigenvalue weighted by atomic mass is 10.2. The Labute approximate surface area is 188 Å². The van der Waals surface area contributed by atoms with Crippen molar-refractivity contribution in [2.45, 2.75) is 38.6 Å². The van der Waals surface area contributed by atoms with Crippen LogP contribution in [0.1, 0.15) is 36.7 Å². The van der Waals surface area contributed by atoms with Gasteiger partial charge in [0.1, 0.15) is 17.8 Å². The molecule has 0 spiro atoms. The number of nitrogen functional groups attached to an aromatic ring is 1. The molecule has 0 aliphatic carbocycles. The van der Waals surface area contributed by atoms with Crippen LogP contribution in [0.4, 0.5) is 11.4 Å². The number of pyridine rings is 1. The number of nitrogens with zero attached hydrogens (tertiary/aromatic N) is 1. The lowest BCUT2D eigenvalue weighted by Crippen LogP contribution is -2.45. The average molecular weight is 463 g/mol. The molecule has 0 radical (unpaired) electrons. The van der Waals surface area contributed by atoms with Crippen LogP contribution in [0.5, 0.6) is 0 Å². The summed E-state index contributed by atoms with van der Waals surface area (Å²) in [6.45, 7) is 3.57. The number of nitrogens with two attached hydrogens (primary N) is 1. The SMILES string of the molecule is CCO[C@H]1OC(=O)C[C@@H]1NC(=O)[C@@H](C)n1cccc(NC(=O)c2ccc(N)c(Cl)c2)c1=O. The van der Waals surface area contributed by atoms with E-state index >= 15 is 0 Å². The van der Waals surface area contributed by atoms with E-state index in [2.05, 4.69) is 10.6 Å². The third-order valence-corrected chi connectivity index (χ3v) is 5.23. The molecule has 2 heterocycles. The molecule has 0 unspecified atom stereocenters. The molecule has 32 heavy (non-hydrogen) atoms. The molecule has 11 heteroatoms. The van der Waals surface area contributed by atoms with Crippen molar-refractivity contribution in [3.63, 3.8) is 0 Å². The summed E-state index contributed by atoms with van der Waals surface area (Å²) in [4.78, 5) is 49.7. The van der Waals surface area contributed by atoms with Crippen LogP contribution in [0, 0.1) is 0 Å². The number of hydrogen-bond donors (Lipinski definition) is 3. The Bertz CT molecular complexity index is 1100. The van der Waals surface area contributed by atoms with E-state index in [9.17, 15) is 19.2 Å². The van der Waals surface area contributed by atoms with Gasteiger partial charge in [0.05, 0.1) is 17.1 Å². The zero-order valence-electron chi connectivity index (χ0n) is 17.5. The van der Waals surface area contributed by atoms with Crippen molar-refractivity contribution in [2.24, 2.45) is 0 Å². The lowest BCUT2D eigenvalue weighted by Gasteiger charge is -2.21. The Balaban J connectivity index is 1.74. The van der Waals surface area contributed by atoms with E-state index in [1.807, 2.05) is 0 Å². The predicted octanol–water partition coefficient (Wildman–Crippen LogP) is 1.69. The molecule has 2 amide bonds. The zero-order valence-corrected chi connectivity index (χ0v) is 18.2. The largest absolute Gasteiger partial charge is 0.433 e. The molecule has 1 aromatic heterocycles. The van der Waals surface area contributed by atoms with Crippen LogP contribution in [-0.2, 0) is 19.1 Å². The minimum atomic E-state index is -0.928. The number of anilines is 2. The molecule has 170 valence electrons. The van der Waals surface area contributed by atoms with Crippen molar-refractivity contribution in [3.05, 3.63) is 57.5 Å². The number of carbonyl (C=O) groups excluding carboxylic acids is 3. The number of hydrogen-bond acceptors (Lipinski definition) is 7. The second-order valence-electron chi connectivity index (χ2n) is 7.13. The Hall–Kier alpha value is -3.37. The normalized spacial score (nSPS) is 18.7. The Kier molecular flexibility index (Phi) is 7.16. The van der Waals surface area contributed by atoms with Gasteiger partial charge in [-0.3, -0.25) is 19.2 Å². The Morgan fingerprint density at radius 1 is 1.34 bits per heavy atom. The standard InChI is InChI=1S/C21H23ClN4O6/c1-3-31-21-16(10-17(27)32-21)25-18(28)11(2)26-8-4-5-15(20(26)30)24-19(29)12-6-7-14(23)13(22)9-12/h4-9,11,16,21H,3,10,23H2,1-2H3,(H,24,29)(H,25,28)/t11-,16+,21+/m1/s1. The zero-order chi connectivity index (χ0) is 23.4. The number of ether oxygens (including phenoxy) is 2. The molecule has 0 bridgehead atoms. The highest BCUT2D eigenvalue weighted by Crippen LogP contribution is 2.20. The topological polar surface area (TPSA) is 142 Å². The smallest absolute Gasteiger partial charge is 0.310 e. The maximum Gasteiger partial charge on any atom is 0.310 e. The molecule has 1 fully saturated rings. The van der Waals surface area contributed by atoms with Crippen LogP contribution >= 0.6 is 11.6 Å². The molecule has 3 rings (SSSR count). The molecular formula is C21H23ClN4O6. The van der Waals surface area contributed by atoms with Crippen LogP contribution in [0.25, 0.3) is 0 Å². The van der Waals surface area contributed by atoms with E-state index < -0.39 is 41.7 Å². The summed E-state index contributed by atoms with van der Waals surface area (Å²) in [5.74, 6) is -1.54. The van der Waals surface area contributed by atoms with Crippen molar-refractivity contribution in [1.82, 2.24) is 9.88 Å². The first-order valence-corrected chi connectivity index (χ1v) is 10.3. The van der Waals surface area contributed by atoms with E-state index in [0.717, 1.165) is 0 Å². The van der Waals surface area contributed by atoms with E-state index in [1.165, 1.54) is 48.0 Å². The summed E-state index contributed by atoms with van der Waals surface area (Å²) in [6, 6.07) is 5.73. The molecule has 3 atom stereocenters. The quantitative estimate of drug-likeness (QED) is 0.419. The Morgan fingerprint density at radius 3 is 2.78 bits per heavy atom. The van der Waals surface area contributed by atoms with Crippen LogP contribution in [0.2, 0.25) is 5.02 Å². The number of halogens is 1. The molecular weight excluding hydrogens is 440 g/mol. The summed E-state index contributed by atoms with van der Waals surface area (Å²) >= 11 is 5.95. The van der Waals surface area contributed by atoms with Crippen molar-refractivity contribution in [3.8, 4) is 0 Å². The number of cyclic esters (lactones) is 1. The molecule has 1 aromatic carbocycles. The van der Waals surface area contributed by atoms with Gasteiger partial charge in [-0.15, -0.1) is 0 Å².